The molecule has 8 heteroatoms. The molecular formula is C10H16N2O6. The summed E-state index contributed by atoms with van der Waals surface area (Å²) < 4.78 is 4.90. The minimum Gasteiger partial charge on any atom is -0.481 e. The van der Waals surface area contributed by atoms with Crippen molar-refractivity contribution in [2.75, 3.05) is 20.9 Å². The standard InChI is InChI=1S/C10H16N2O6/c1-11-8(14)5-4(10(16)17)6(9(15)12-2)7(5)18-3-13/h4-7,13H,3H2,1-2H3,(H,11,14)(H,12,15)(H,16,17). The molecular weight excluding hydrogens is 244 g/mol. The molecule has 8 nitrogen and oxygen atoms in total. The van der Waals surface area contributed by atoms with Gasteiger partial charge in [-0.15, -0.1) is 0 Å². The Hall–Kier alpha value is -1.67. The van der Waals surface area contributed by atoms with Gasteiger partial charge >= 0.3 is 5.97 Å². The normalized spacial score (nSPS) is 30.2. The van der Waals surface area contributed by atoms with Gasteiger partial charge in [0.1, 0.15) is 6.79 Å². The Morgan fingerprint density at radius 3 is 1.78 bits per heavy atom. The van der Waals surface area contributed by atoms with Crippen LogP contribution in [0.2, 0.25) is 0 Å². The molecule has 1 rings (SSSR count). The summed E-state index contributed by atoms with van der Waals surface area (Å²) in [5.41, 5.74) is 0. The van der Waals surface area contributed by atoms with E-state index in [9.17, 15) is 14.4 Å². The van der Waals surface area contributed by atoms with Crippen LogP contribution in [0.15, 0.2) is 0 Å². The molecule has 0 aromatic heterocycles. The van der Waals surface area contributed by atoms with Gasteiger partial charge < -0.3 is 25.6 Å². The highest BCUT2D eigenvalue weighted by molar-refractivity contribution is 5.94. The lowest BCUT2D eigenvalue weighted by Crippen LogP contribution is -2.64. The number of aliphatic carboxylic acids is 1. The van der Waals surface area contributed by atoms with E-state index < -0.39 is 48.4 Å². The molecule has 1 aliphatic rings. The Bertz CT molecular complexity index is 334. The topological polar surface area (TPSA) is 125 Å². The summed E-state index contributed by atoms with van der Waals surface area (Å²) in [6.07, 6.45) is -0.934. The van der Waals surface area contributed by atoms with Crippen LogP contribution in [-0.2, 0) is 19.1 Å². The van der Waals surface area contributed by atoms with Crippen LogP contribution < -0.4 is 10.6 Å². The molecule has 2 atom stereocenters. The van der Waals surface area contributed by atoms with Gasteiger partial charge in [-0.05, 0) is 0 Å². The quantitative estimate of drug-likeness (QED) is 0.414. The van der Waals surface area contributed by atoms with Crippen molar-refractivity contribution in [3.63, 3.8) is 0 Å². The van der Waals surface area contributed by atoms with Gasteiger partial charge in [0.05, 0.1) is 23.9 Å². The maximum atomic E-state index is 11.6. The largest absolute Gasteiger partial charge is 0.481 e. The number of hydrogen-bond donors (Lipinski definition) is 4. The molecule has 0 saturated heterocycles. The number of nitrogens with one attached hydrogen (secondary N) is 2. The summed E-state index contributed by atoms with van der Waals surface area (Å²) in [7, 11) is 2.73. The number of aliphatic hydroxyl groups is 1. The molecule has 0 aliphatic heterocycles. The number of ether oxygens (including phenoxy) is 1. The van der Waals surface area contributed by atoms with Crippen LogP contribution in [0.1, 0.15) is 0 Å². The molecule has 1 saturated carbocycles. The highest BCUT2D eigenvalue weighted by Gasteiger charge is 2.61. The second-order valence-corrected chi connectivity index (χ2v) is 3.90. The summed E-state index contributed by atoms with van der Waals surface area (Å²) >= 11 is 0. The number of carboxylic acid groups (broad SMARTS) is 1. The predicted molar refractivity (Wildman–Crippen MR) is 58.2 cm³/mol. The van der Waals surface area contributed by atoms with E-state index in [1.807, 2.05) is 0 Å². The van der Waals surface area contributed by atoms with Gasteiger partial charge in [-0.2, -0.15) is 0 Å². The maximum absolute atomic E-state index is 11.6. The minimum atomic E-state index is -1.24. The van der Waals surface area contributed by atoms with E-state index in [1.54, 1.807) is 0 Å². The van der Waals surface area contributed by atoms with E-state index in [0.717, 1.165) is 0 Å². The van der Waals surface area contributed by atoms with Crippen molar-refractivity contribution in [2.24, 2.45) is 17.8 Å². The van der Waals surface area contributed by atoms with Gasteiger partial charge in [0.25, 0.3) is 0 Å². The summed E-state index contributed by atoms with van der Waals surface area (Å²) in [5.74, 6) is -5.41. The molecule has 0 radical (unpaired) electrons. The van der Waals surface area contributed by atoms with Crippen molar-refractivity contribution < 1.29 is 29.3 Å². The van der Waals surface area contributed by atoms with Crippen LogP contribution in [0.5, 0.6) is 0 Å². The van der Waals surface area contributed by atoms with Crippen LogP contribution in [0, 0.1) is 17.8 Å². The lowest BCUT2D eigenvalue weighted by Gasteiger charge is -2.46. The molecule has 0 heterocycles. The number of carboxylic acids is 1. The fourth-order valence-electron chi connectivity index (χ4n) is 2.27. The number of rotatable bonds is 5. The molecule has 18 heavy (non-hydrogen) atoms. The molecule has 0 aromatic carbocycles. The van der Waals surface area contributed by atoms with Crippen molar-refractivity contribution in [1.29, 1.82) is 0 Å². The molecule has 1 aliphatic carbocycles. The van der Waals surface area contributed by atoms with Crippen LogP contribution in [0.3, 0.4) is 0 Å². The van der Waals surface area contributed by atoms with Crippen molar-refractivity contribution >= 4 is 17.8 Å². The molecule has 2 unspecified atom stereocenters. The highest BCUT2D eigenvalue weighted by Crippen LogP contribution is 2.43. The first kappa shape index (κ1) is 14.4. The van der Waals surface area contributed by atoms with Crippen LogP contribution in [-0.4, -0.2) is 55.0 Å². The van der Waals surface area contributed by atoms with E-state index >= 15 is 0 Å². The van der Waals surface area contributed by atoms with E-state index in [-0.39, 0.29) is 0 Å². The van der Waals surface area contributed by atoms with E-state index in [2.05, 4.69) is 10.6 Å². The Labute approximate surface area is 103 Å². The molecule has 102 valence electrons. The van der Waals surface area contributed by atoms with Crippen molar-refractivity contribution in [2.45, 2.75) is 6.10 Å². The molecule has 0 spiro atoms. The summed E-state index contributed by atoms with van der Waals surface area (Å²) in [6, 6.07) is 0. The average molecular weight is 260 g/mol. The van der Waals surface area contributed by atoms with E-state index in [4.69, 9.17) is 14.9 Å². The van der Waals surface area contributed by atoms with Crippen LogP contribution in [0.4, 0.5) is 0 Å². The zero-order chi connectivity index (χ0) is 13.9. The van der Waals surface area contributed by atoms with Gasteiger partial charge in [-0.25, -0.2) is 0 Å². The lowest BCUT2D eigenvalue weighted by molar-refractivity contribution is -0.200. The Morgan fingerprint density at radius 1 is 1.06 bits per heavy atom. The van der Waals surface area contributed by atoms with Gasteiger partial charge in [-0.3, -0.25) is 14.4 Å². The molecule has 0 bridgehead atoms. The van der Waals surface area contributed by atoms with Crippen molar-refractivity contribution in [3.05, 3.63) is 0 Å². The Morgan fingerprint density at radius 2 is 1.50 bits per heavy atom. The summed E-state index contributed by atoms with van der Waals surface area (Å²) in [5, 5.41) is 22.5. The Kier molecular flexibility index (Phi) is 4.62. The first-order valence-corrected chi connectivity index (χ1v) is 5.38. The smallest absolute Gasteiger partial charge is 0.308 e. The highest BCUT2D eigenvalue weighted by atomic mass is 16.6. The fourth-order valence-corrected chi connectivity index (χ4v) is 2.27. The molecule has 2 amide bonds. The maximum Gasteiger partial charge on any atom is 0.308 e. The summed E-state index contributed by atoms with van der Waals surface area (Å²) in [6.45, 7) is -0.683. The summed E-state index contributed by atoms with van der Waals surface area (Å²) in [4.78, 5) is 34.3. The lowest BCUT2D eigenvalue weighted by atomic mass is 9.61. The van der Waals surface area contributed by atoms with Crippen molar-refractivity contribution in [3.8, 4) is 0 Å². The second-order valence-electron chi connectivity index (χ2n) is 3.90. The zero-order valence-corrected chi connectivity index (χ0v) is 10.0. The third-order valence-electron chi connectivity index (χ3n) is 3.13. The van der Waals surface area contributed by atoms with Crippen LogP contribution in [0.25, 0.3) is 0 Å². The van der Waals surface area contributed by atoms with Gasteiger partial charge in [0.15, 0.2) is 0 Å². The van der Waals surface area contributed by atoms with E-state index in [1.165, 1.54) is 14.1 Å². The third-order valence-corrected chi connectivity index (χ3v) is 3.13. The number of aliphatic hydroxyl groups excluding tert-OH is 1. The van der Waals surface area contributed by atoms with Gasteiger partial charge in [0.2, 0.25) is 11.8 Å². The molecule has 4 N–H and O–H groups in total. The SMILES string of the molecule is CNC(=O)C1C(OCO)C(C(=O)NC)C1C(=O)O. The van der Waals surface area contributed by atoms with E-state index in [0.29, 0.717) is 0 Å². The first-order valence-electron chi connectivity index (χ1n) is 5.38. The minimum absolute atomic E-state index is 0.527. The molecule has 1 fully saturated rings. The number of carbonyl (C=O) groups excluding carboxylic acids is 2. The monoisotopic (exact) mass is 260 g/mol. The van der Waals surface area contributed by atoms with Gasteiger partial charge in [-0.1, -0.05) is 0 Å². The van der Waals surface area contributed by atoms with Gasteiger partial charge in [0, 0.05) is 14.1 Å². The zero-order valence-electron chi connectivity index (χ0n) is 10.0. The first-order chi connectivity index (χ1) is 8.49. The molecule has 0 aromatic rings. The number of hydrogen-bond acceptors (Lipinski definition) is 5. The average Bonchev–Trinajstić information content (AvgIpc) is 2.32. The van der Waals surface area contributed by atoms with Crippen molar-refractivity contribution in [1.82, 2.24) is 10.6 Å². The number of amides is 2. The second kappa shape index (κ2) is 5.78. The Balaban J connectivity index is 2.98. The number of carbonyl (C=O) groups is 3. The fraction of sp³-hybridized carbons (Fsp3) is 0.700. The van der Waals surface area contributed by atoms with Crippen LogP contribution >= 0.6 is 0 Å². The predicted octanol–water partition coefficient (Wildman–Crippen LogP) is -2.24. The third kappa shape index (κ3) is 2.29.